The van der Waals surface area contributed by atoms with Crippen molar-refractivity contribution in [2.45, 2.75) is 64.5 Å². The van der Waals surface area contributed by atoms with Crippen LogP contribution in [0.25, 0.3) is 0 Å². The molecule has 0 heterocycles. The van der Waals surface area contributed by atoms with Crippen LogP contribution in [0.3, 0.4) is 0 Å². The highest BCUT2D eigenvalue weighted by Crippen LogP contribution is 2.18. The number of aryl methyl sites for hydroxylation is 1. The second-order valence-corrected chi connectivity index (χ2v) is 6.31. The fourth-order valence-electron chi connectivity index (χ4n) is 2.57. The van der Waals surface area contributed by atoms with Crippen molar-refractivity contribution in [2.75, 3.05) is 13.1 Å². The molecule has 0 aromatic heterocycles. The van der Waals surface area contributed by atoms with Crippen LogP contribution in [-0.4, -0.2) is 25.2 Å². The van der Waals surface area contributed by atoms with Crippen LogP contribution in [0.5, 0.6) is 0 Å². The van der Waals surface area contributed by atoms with Crippen molar-refractivity contribution in [3.63, 3.8) is 0 Å². The first-order valence-corrected chi connectivity index (χ1v) is 8.29. The van der Waals surface area contributed by atoms with Gasteiger partial charge in [-0.25, -0.2) is 0 Å². The fraction of sp³-hybridized carbons (Fsp3) is 0.667. The summed E-state index contributed by atoms with van der Waals surface area (Å²) in [5.41, 5.74) is 3.07. The third kappa shape index (κ3) is 6.06. The van der Waals surface area contributed by atoms with Gasteiger partial charge in [-0.2, -0.15) is 0 Å². The fourth-order valence-corrected chi connectivity index (χ4v) is 2.57. The molecule has 0 radical (unpaired) electrons. The number of hydrogen-bond donors (Lipinski definition) is 2. The summed E-state index contributed by atoms with van der Waals surface area (Å²) in [7, 11) is 0. The minimum absolute atomic E-state index is 0.579. The van der Waals surface area contributed by atoms with E-state index < -0.39 is 0 Å². The SMILES string of the molecule is CC(C)NCCc1ccccc1CCCCNC1CC1. The van der Waals surface area contributed by atoms with E-state index in [0.29, 0.717) is 6.04 Å². The molecule has 0 bridgehead atoms. The zero-order chi connectivity index (χ0) is 14.2. The minimum atomic E-state index is 0.579. The summed E-state index contributed by atoms with van der Waals surface area (Å²) in [5.74, 6) is 0. The van der Waals surface area contributed by atoms with E-state index in [-0.39, 0.29) is 0 Å². The highest BCUT2D eigenvalue weighted by atomic mass is 14.9. The van der Waals surface area contributed by atoms with Gasteiger partial charge in [-0.15, -0.1) is 0 Å². The Morgan fingerprint density at radius 1 is 1.00 bits per heavy atom. The molecule has 20 heavy (non-hydrogen) atoms. The van der Waals surface area contributed by atoms with Crippen LogP contribution >= 0.6 is 0 Å². The van der Waals surface area contributed by atoms with Crippen LogP contribution in [0.4, 0.5) is 0 Å². The van der Waals surface area contributed by atoms with Gasteiger partial charge >= 0.3 is 0 Å². The quantitative estimate of drug-likeness (QED) is 0.640. The predicted octanol–water partition coefficient (Wildman–Crippen LogP) is 3.30. The predicted molar refractivity (Wildman–Crippen MR) is 87.2 cm³/mol. The van der Waals surface area contributed by atoms with Gasteiger partial charge in [-0.1, -0.05) is 38.1 Å². The number of nitrogens with one attached hydrogen (secondary N) is 2. The molecule has 1 aromatic carbocycles. The van der Waals surface area contributed by atoms with E-state index in [2.05, 4.69) is 48.7 Å². The highest BCUT2D eigenvalue weighted by Gasteiger charge is 2.19. The average molecular weight is 274 g/mol. The van der Waals surface area contributed by atoms with Crippen molar-refractivity contribution in [3.05, 3.63) is 35.4 Å². The average Bonchev–Trinajstić information content (AvgIpc) is 3.24. The number of rotatable bonds is 10. The van der Waals surface area contributed by atoms with Crippen molar-refractivity contribution >= 4 is 0 Å². The number of hydrogen-bond acceptors (Lipinski definition) is 2. The van der Waals surface area contributed by atoms with Crippen LogP contribution in [0.15, 0.2) is 24.3 Å². The van der Waals surface area contributed by atoms with Crippen molar-refractivity contribution in [2.24, 2.45) is 0 Å². The Bertz CT molecular complexity index is 383. The molecule has 0 unspecified atom stereocenters. The summed E-state index contributed by atoms with van der Waals surface area (Å²) in [6, 6.07) is 10.4. The highest BCUT2D eigenvalue weighted by molar-refractivity contribution is 5.27. The monoisotopic (exact) mass is 274 g/mol. The van der Waals surface area contributed by atoms with E-state index in [1.165, 1.54) is 44.2 Å². The van der Waals surface area contributed by atoms with Crippen molar-refractivity contribution in [3.8, 4) is 0 Å². The smallest absolute Gasteiger partial charge is 0.00682 e. The van der Waals surface area contributed by atoms with E-state index in [4.69, 9.17) is 0 Å². The van der Waals surface area contributed by atoms with Crippen molar-refractivity contribution < 1.29 is 0 Å². The molecule has 112 valence electrons. The van der Waals surface area contributed by atoms with Gasteiger partial charge in [0.05, 0.1) is 0 Å². The first-order chi connectivity index (χ1) is 9.75. The van der Waals surface area contributed by atoms with Gasteiger partial charge in [0.2, 0.25) is 0 Å². The molecule has 2 N–H and O–H groups in total. The van der Waals surface area contributed by atoms with Gasteiger partial charge in [0, 0.05) is 12.1 Å². The maximum absolute atomic E-state index is 3.59. The molecular weight excluding hydrogens is 244 g/mol. The Hall–Kier alpha value is -0.860. The van der Waals surface area contributed by atoms with E-state index in [1.807, 2.05) is 0 Å². The maximum atomic E-state index is 3.59. The summed E-state index contributed by atoms with van der Waals surface area (Å²) < 4.78 is 0. The molecule has 0 aliphatic heterocycles. The Balaban J connectivity index is 1.68. The van der Waals surface area contributed by atoms with E-state index in [1.54, 1.807) is 5.56 Å². The second kappa shape index (κ2) is 8.43. The third-order valence-corrected chi connectivity index (χ3v) is 3.95. The topological polar surface area (TPSA) is 24.1 Å². The summed E-state index contributed by atoms with van der Waals surface area (Å²) in [6.45, 7) is 6.69. The molecule has 1 aromatic rings. The molecule has 2 heteroatoms. The van der Waals surface area contributed by atoms with Crippen LogP contribution in [0.1, 0.15) is 50.7 Å². The zero-order valence-electron chi connectivity index (χ0n) is 13.1. The lowest BCUT2D eigenvalue weighted by atomic mass is 9.99. The number of unbranched alkanes of at least 4 members (excludes halogenated alkanes) is 1. The lowest BCUT2D eigenvalue weighted by molar-refractivity contribution is 0.587. The van der Waals surface area contributed by atoms with Gasteiger partial charge < -0.3 is 10.6 Å². The van der Waals surface area contributed by atoms with Gasteiger partial charge in [0.15, 0.2) is 0 Å². The van der Waals surface area contributed by atoms with Crippen LogP contribution in [-0.2, 0) is 12.8 Å². The molecular formula is C18H30N2. The lowest BCUT2D eigenvalue weighted by Gasteiger charge is -2.12. The van der Waals surface area contributed by atoms with Gasteiger partial charge in [0.1, 0.15) is 0 Å². The first-order valence-electron chi connectivity index (χ1n) is 8.29. The molecule has 0 saturated heterocycles. The standard InChI is InChI=1S/C18H30N2/c1-15(2)19-14-12-17-8-4-3-7-16(17)9-5-6-13-20-18-10-11-18/h3-4,7-8,15,18-20H,5-6,9-14H2,1-2H3. The maximum Gasteiger partial charge on any atom is 0.00682 e. The zero-order valence-corrected chi connectivity index (χ0v) is 13.1. The Morgan fingerprint density at radius 3 is 2.35 bits per heavy atom. The molecule has 1 saturated carbocycles. The van der Waals surface area contributed by atoms with E-state index >= 15 is 0 Å². The Labute approximate surface area is 124 Å². The van der Waals surface area contributed by atoms with Crippen molar-refractivity contribution in [1.29, 1.82) is 0 Å². The summed E-state index contributed by atoms with van der Waals surface area (Å²) in [5, 5.41) is 7.10. The second-order valence-electron chi connectivity index (χ2n) is 6.31. The first kappa shape index (κ1) is 15.5. The Morgan fingerprint density at radius 2 is 1.70 bits per heavy atom. The molecule has 0 spiro atoms. The normalized spacial score (nSPS) is 14.9. The molecule has 1 aliphatic rings. The molecule has 2 nitrogen and oxygen atoms in total. The summed E-state index contributed by atoms with van der Waals surface area (Å²) in [4.78, 5) is 0. The lowest BCUT2D eigenvalue weighted by Crippen LogP contribution is -2.25. The summed E-state index contributed by atoms with van der Waals surface area (Å²) >= 11 is 0. The van der Waals surface area contributed by atoms with Crippen LogP contribution in [0.2, 0.25) is 0 Å². The number of benzene rings is 1. The van der Waals surface area contributed by atoms with Gasteiger partial charge in [0.25, 0.3) is 0 Å². The Kier molecular flexibility index (Phi) is 6.55. The minimum Gasteiger partial charge on any atom is -0.314 e. The van der Waals surface area contributed by atoms with E-state index in [0.717, 1.165) is 19.0 Å². The van der Waals surface area contributed by atoms with Crippen molar-refractivity contribution in [1.82, 2.24) is 10.6 Å². The molecule has 1 aliphatic carbocycles. The summed E-state index contributed by atoms with van der Waals surface area (Å²) in [6.07, 6.45) is 7.76. The van der Waals surface area contributed by atoms with Gasteiger partial charge in [-0.05, 0) is 62.7 Å². The van der Waals surface area contributed by atoms with E-state index in [9.17, 15) is 0 Å². The largest absolute Gasteiger partial charge is 0.314 e. The van der Waals surface area contributed by atoms with Crippen LogP contribution < -0.4 is 10.6 Å². The van der Waals surface area contributed by atoms with Crippen LogP contribution in [0, 0.1) is 0 Å². The third-order valence-electron chi connectivity index (χ3n) is 3.95. The molecule has 0 atom stereocenters. The van der Waals surface area contributed by atoms with Gasteiger partial charge in [-0.3, -0.25) is 0 Å². The molecule has 0 amide bonds. The molecule has 1 fully saturated rings. The molecule has 2 rings (SSSR count).